The molecule has 1 aliphatic rings. The van der Waals surface area contributed by atoms with Crippen LogP contribution in [0.3, 0.4) is 0 Å². The van der Waals surface area contributed by atoms with Gasteiger partial charge in [-0.05, 0) is 32.0 Å². The zero-order valence-corrected chi connectivity index (χ0v) is 11.9. The van der Waals surface area contributed by atoms with Gasteiger partial charge in [0.15, 0.2) is 5.82 Å². The second-order valence-corrected chi connectivity index (χ2v) is 5.38. The van der Waals surface area contributed by atoms with Gasteiger partial charge in [-0.15, -0.1) is 0 Å². The molecule has 2 aromatic heterocycles. The third-order valence-electron chi connectivity index (χ3n) is 3.61. The van der Waals surface area contributed by atoms with Crippen molar-refractivity contribution in [3.05, 3.63) is 46.8 Å². The highest BCUT2D eigenvalue weighted by Gasteiger charge is 2.23. The average molecular weight is 286 g/mol. The van der Waals surface area contributed by atoms with E-state index in [4.69, 9.17) is 11.6 Å². The van der Waals surface area contributed by atoms with Crippen LogP contribution in [-0.4, -0.2) is 24.3 Å². The number of imidazole rings is 1. The summed E-state index contributed by atoms with van der Waals surface area (Å²) in [4.78, 5) is 8.95. The Balaban J connectivity index is 2.12. The lowest BCUT2D eigenvalue weighted by Gasteiger charge is -2.08. The van der Waals surface area contributed by atoms with Crippen LogP contribution in [0.1, 0.15) is 17.2 Å². The summed E-state index contributed by atoms with van der Waals surface area (Å²) in [6.45, 7) is 4.57. The molecule has 0 bridgehead atoms. The maximum atomic E-state index is 6.15. The van der Waals surface area contributed by atoms with Gasteiger partial charge in [-0.3, -0.25) is 0 Å². The van der Waals surface area contributed by atoms with E-state index in [1.54, 1.807) is 0 Å². The van der Waals surface area contributed by atoms with Crippen molar-refractivity contribution in [2.45, 2.75) is 20.4 Å². The second-order valence-electron chi connectivity index (χ2n) is 4.95. The first-order valence-electron chi connectivity index (χ1n) is 6.38. The van der Waals surface area contributed by atoms with Crippen molar-refractivity contribution in [3.8, 4) is 17.1 Å². The predicted molar refractivity (Wildman–Crippen MR) is 76.2 cm³/mol. The quantitative estimate of drug-likeness (QED) is 0.499. The van der Waals surface area contributed by atoms with Crippen LogP contribution in [0.4, 0.5) is 0 Å². The average Bonchev–Trinajstić information content (AvgIpc) is 2.92. The van der Waals surface area contributed by atoms with E-state index in [9.17, 15) is 0 Å². The lowest BCUT2D eigenvalue weighted by molar-refractivity contribution is 0.668. The van der Waals surface area contributed by atoms with E-state index in [2.05, 4.69) is 19.6 Å². The van der Waals surface area contributed by atoms with Crippen LogP contribution < -0.4 is 0 Å². The molecule has 0 saturated heterocycles. The molecule has 0 atom stereocenters. The summed E-state index contributed by atoms with van der Waals surface area (Å²) in [6, 6.07) is 5.82. The fourth-order valence-corrected chi connectivity index (χ4v) is 2.84. The molecular formula is C14H12ClN5. The zero-order valence-electron chi connectivity index (χ0n) is 11.1. The Morgan fingerprint density at radius 1 is 1.25 bits per heavy atom. The molecule has 3 heterocycles. The van der Waals surface area contributed by atoms with Gasteiger partial charge < -0.3 is 4.57 Å². The maximum absolute atomic E-state index is 6.15. The monoisotopic (exact) mass is 285 g/mol. The van der Waals surface area contributed by atoms with Gasteiger partial charge in [0, 0.05) is 10.6 Å². The molecular weight excluding hydrogens is 274 g/mol. The van der Waals surface area contributed by atoms with E-state index in [0.29, 0.717) is 11.6 Å². The van der Waals surface area contributed by atoms with Crippen molar-refractivity contribution in [3.63, 3.8) is 0 Å². The van der Waals surface area contributed by atoms with Crippen LogP contribution >= 0.6 is 11.6 Å². The van der Waals surface area contributed by atoms with Crippen molar-refractivity contribution < 1.29 is 0 Å². The van der Waals surface area contributed by atoms with Crippen molar-refractivity contribution in [1.29, 1.82) is 0 Å². The van der Waals surface area contributed by atoms with Crippen molar-refractivity contribution >= 4 is 11.6 Å². The SMILES string of the molecule is Cc1nc2n(n1)Cc1c(C)ncn1-c1ccc(Cl)cc1-2. The first-order chi connectivity index (χ1) is 9.63. The van der Waals surface area contributed by atoms with Gasteiger partial charge in [-0.1, -0.05) is 11.6 Å². The molecule has 6 heteroatoms. The molecule has 5 nitrogen and oxygen atoms in total. The molecule has 0 unspecified atom stereocenters. The van der Waals surface area contributed by atoms with E-state index >= 15 is 0 Å². The molecule has 0 spiro atoms. The normalized spacial score (nSPS) is 12.6. The van der Waals surface area contributed by atoms with E-state index < -0.39 is 0 Å². The molecule has 1 aromatic carbocycles. The maximum Gasteiger partial charge on any atom is 0.160 e. The van der Waals surface area contributed by atoms with E-state index in [0.717, 1.165) is 34.3 Å². The number of aryl methyl sites for hydroxylation is 2. The molecule has 3 aromatic rings. The van der Waals surface area contributed by atoms with Gasteiger partial charge in [-0.25, -0.2) is 14.6 Å². The Morgan fingerprint density at radius 3 is 2.95 bits per heavy atom. The summed E-state index contributed by atoms with van der Waals surface area (Å²) in [5, 5.41) is 5.17. The lowest BCUT2D eigenvalue weighted by Crippen LogP contribution is -2.05. The minimum Gasteiger partial charge on any atom is -0.300 e. The number of rotatable bonds is 0. The van der Waals surface area contributed by atoms with Gasteiger partial charge in [0.25, 0.3) is 0 Å². The number of aromatic nitrogens is 5. The van der Waals surface area contributed by atoms with E-state index in [1.807, 2.05) is 43.1 Å². The highest BCUT2D eigenvalue weighted by molar-refractivity contribution is 6.31. The number of hydrogen-bond acceptors (Lipinski definition) is 3. The van der Waals surface area contributed by atoms with E-state index in [-0.39, 0.29) is 0 Å². The summed E-state index contributed by atoms with van der Waals surface area (Å²) in [5.41, 5.74) is 4.15. The third kappa shape index (κ3) is 1.53. The highest BCUT2D eigenvalue weighted by atomic mass is 35.5. The second kappa shape index (κ2) is 3.93. The molecule has 4 rings (SSSR count). The first-order valence-corrected chi connectivity index (χ1v) is 6.76. The van der Waals surface area contributed by atoms with Crippen LogP contribution in [0.25, 0.3) is 17.1 Å². The predicted octanol–water partition coefficient (Wildman–Crippen LogP) is 2.76. The highest BCUT2D eigenvalue weighted by Crippen LogP contribution is 2.33. The summed E-state index contributed by atoms with van der Waals surface area (Å²) < 4.78 is 4.00. The Bertz CT molecular complexity index is 830. The number of benzene rings is 1. The third-order valence-corrected chi connectivity index (χ3v) is 3.85. The topological polar surface area (TPSA) is 48.5 Å². The fourth-order valence-electron chi connectivity index (χ4n) is 2.67. The van der Waals surface area contributed by atoms with Gasteiger partial charge >= 0.3 is 0 Å². The molecule has 0 aliphatic carbocycles. The lowest BCUT2D eigenvalue weighted by atomic mass is 10.1. The molecule has 1 aliphatic heterocycles. The minimum atomic E-state index is 0.661. The van der Waals surface area contributed by atoms with Crippen molar-refractivity contribution in [2.75, 3.05) is 0 Å². The number of nitrogens with zero attached hydrogens (tertiary/aromatic N) is 5. The Morgan fingerprint density at radius 2 is 2.10 bits per heavy atom. The molecule has 0 N–H and O–H groups in total. The van der Waals surface area contributed by atoms with Gasteiger partial charge in [-0.2, -0.15) is 5.10 Å². The first kappa shape index (κ1) is 11.7. The van der Waals surface area contributed by atoms with Crippen LogP contribution in [0.2, 0.25) is 5.02 Å². The van der Waals surface area contributed by atoms with Crippen molar-refractivity contribution in [1.82, 2.24) is 24.3 Å². The van der Waals surface area contributed by atoms with Crippen molar-refractivity contribution in [2.24, 2.45) is 0 Å². The molecule has 0 fully saturated rings. The summed E-state index contributed by atoms with van der Waals surface area (Å²) in [7, 11) is 0. The van der Waals surface area contributed by atoms with E-state index in [1.165, 1.54) is 0 Å². The minimum absolute atomic E-state index is 0.661. The van der Waals surface area contributed by atoms with Gasteiger partial charge in [0.05, 0.1) is 29.9 Å². The largest absolute Gasteiger partial charge is 0.300 e. The van der Waals surface area contributed by atoms with Crippen LogP contribution in [0.15, 0.2) is 24.5 Å². The Labute approximate surface area is 120 Å². The standard InChI is InChI=1S/C14H12ClN5/c1-8-13-6-20-14(17-9(2)18-20)11-5-10(15)3-4-12(11)19(13)7-16-8/h3-5,7H,6H2,1-2H3. The van der Waals surface area contributed by atoms with Crippen LogP contribution in [-0.2, 0) is 6.54 Å². The number of halogens is 1. The molecule has 100 valence electrons. The fraction of sp³-hybridized carbons (Fsp3) is 0.214. The Kier molecular flexibility index (Phi) is 2.29. The van der Waals surface area contributed by atoms with Crippen LogP contribution in [0.5, 0.6) is 0 Å². The smallest absolute Gasteiger partial charge is 0.160 e. The molecule has 0 amide bonds. The zero-order chi connectivity index (χ0) is 13.9. The number of hydrogen-bond donors (Lipinski definition) is 0. The summed E-state index contributed by atoms with van der Waals surface area (Å²) in [5.74, 6) is 1.61. The molecule has 20 heavy (non-hydrogen) atoms. The Hall–Kier alpha value is -2.14. The summed E-state index contributed by atoms with van der Waals surface area (Å²) in [6.07, 6.45) is 1.84. The molecule has 0 saturated carbocycles. The van der Waals surface area contributed by atoms with Crippen LogP contribution in [0, 0.1) is 13.8 Å². The van der Waals surface area contributed by atoms with Gasteiger partial charge in [0.2, 0.25) is 0 Å². The molecule has 0 radical (unpaired) electrons. The summed E-state index contributed by atoms with van der Waals surface area (Å²) >= 11 is 6.15. The van der Waals surface area contributed by atoms with Gasteiger partial charge in [0.1, 0.15) is 5.82 Å². The number of fused-ring (bicyclic) bond motifs is 5.